The smallest absolute Gasteiger partial charge is 0.264 e. The van der Waals surface area contributed by atoms with E-state index in [-0.39, 0.29) is 29.7 Å². The fraction of sp³-hybridized carbons (Fsp3) is 0.316. The molecule has 4 rings (SSSR count). The zero-order valence-corrected chi connectivity index (χ0v) is 29.1. The molecule has 0 heterocycles. The molecule has 1 N–H and O–H groups in total. The maximum absolute atomic E-state index is 14.6. The summed E-state index contributed by atoms with van der Waals surface area (Å²) in [5, 5.41) is 3.45. The van der Waals surface area contributed by atoms with Crippen LogP contribution in [0, 0.1) is 6.92 Å². The number of rotatable bonds is 15. The Morgan fingerprint density at radius 3 is 2.11 bits per heavy atom. The number of carbonyl (C=O) groups is 2. The topological polar surface area (TPSA) is 86.8 Å². The third kappa shape index (κ3) is 9.46. The summed E-state index contributed by atoms with van der Waals surface area (Å²) in [6, 6.07) is 29.5. The molecule has 1 atom stereocenters. The molecule has 47 heavy (non-hydrogen) atoms. The SMILES string of the molecule is CCCCNC(=O)[C@H](Cc1ccccc1)N(Cc1ccccc1Cl)C(=O)CN(c1ccc(C(C)C)cc1)S(=O)(=O)c1ccc(C)cc1. The summed E-state index contributed by atoms with van der Waals surface area (Å²) in [5.74, 6) is -0.596. The van der Waals surface area contributed by atoms with Gasteiger partial charge in [0, 0.05) is 24.5 Å². The average molecular weight is 674 g/mol. The second-order valence-electron chi connectivity index (χ2n) is 12.0. The van der Waals surface area contributed by atoms with Crippen LogP contribution in [-0.4, -0.2) is 44.3 Å². The largest absolute Gasteiger partial charge is 0.354 e. The molecule has 0 aromatic heterocycles. The predicted octanol–water partition coefficient (Wildman–Crippen LogP) is 7.52. The second kappa shape index (κ2) is 16.6. The van der Waals surface area contributed by atoms with Crippen LogP contribution in [0.4, 0.5) is 5.69 Å². The Kier molecular flexibility index (Phi) is 12.6. The minimum atomic E-state index is -4.18. The monoisotopic (exact) mass is 673 g/mol. The molecule has 0 aliphatic carbocycles. The summed E-state index contributed by atoms with van der Waals surface area (Å²) in [4.78, 5) is 30.0. The van der Waals surface area contributed by atoms with Crippen molar-refractivity contribution in [1.82, 2.24) is 10.2 Å². The number of carbonyl (C=O) groups excluding carboxylic acids is 2. The van der Waals surface area contributed by atoms with Crippen molar-refractivity contribution < 1.29 is 18.0 Å². The number of nitrogens with one attached hydrogen (secondary N) is 1. The lowest BCUT2D eigenvalue weighted by molar-refractivity contribution is -0.140. The van der Waals surface area contributed by atoms with Crippen LogP contribution in [0.25, 0.3) is 0 Å². The molecule has 0 radical (unpaired) electrons. The van der Waals surface area contributed by atoms with Gasteiger partial charge in [-0.15, -0.1) is 0 Å². The predicted molar refractivity (Wildman–Crippen MR) is 190 cm³/mol. The van der Waals surface area contributed by atoms with Crippen molar-refractivity contribution in [2.45, 2.75) is 70.4 Å². The molecule has 248 valence electrons. The van der Waals surface area contributed by atoms with E-state index in [2.05, 4.69) is 19.2 Å². The molecule has 0 saturated heterocycles. The Labute approximate surface area is 284 Å². The van der Waals surface area contributed by atoms with Crippen LogP contribution in [-0.2, 0) is 32.6 Å². The van der Waals surface area contributed by atoms with Crippen LogP contribution in [0.3, 0.4) is 0 Å². The highest BCUT2D eigenvalue weighted by Gasteiger charge is 2.35. The molecule has 4 aromatic carbocycles. The first-order valence-corrected chi connectivity index (χ1v) is 17.9. The molecule has 9 heteroatoms. The quantitative estimate of drug-likeness (QED) is 0.132. The maximum atomic E-state index is 14.6. The number of benzene rings is 4. The Morgan fingerprint density at radius 2 is 1.49 bits per heavy atom. The standard InChI is InChI=1S/C38H44ClN3O4S/c1-5-6-24-40-38(44)36(25-30-12-8-7-9-13-30)41(26-32-14-10-11-15-35(32)39)37(43)27-42(33-20-18-31(19-21-33)28(2)3)47(45,46)34-22-16-29(4)17-23-34/h7-23,28,36H,5-6,24-27H2,1-4H3,(H,40,44)/t36-/m0/s1. The summed E-state index contributed by atoms with van der Waals surface area (Å²) >= 11 is 6.58. The molecule has 0 saturated carbocycles. The molecular weight excluding hydrogens is 630 g/mol. The van der Waals surface area contributed by atoms with Crippen molar-refractivity contribution >= 4 is 39.1 Å². The molecule has 0 aliphatic heterocycles. The molecule has 0 bridgehead atoms. The normalized spacial score (nSPS) is 12.0. The number of halogens is 1. The molecular formula is C38H44ClN3O4S. The van der Waals surface area contributed by atoms with Crippen LogP contribution in [0.15, 0.2) is 108 Å². The van der Waals surface area contributed by atoms with Gasteiger partial charge < -0.3 is 10.2 Å². The number of nitrogens with zero attached hydrogens (tertiary/aromatic N) is 2. The highest BCUT2D eigenvalue weighted by molar-refractivity contribution is 7.92. The van der Waals surface area contributed by atoms with Gasteiger partial charge in [0.05, 0.1) is 10.6 Å². The van der Waals surface area contributed by atoms with Crippen molar-refractivity contribution in [1.29, 1.82) is 0 Å². The highest BCUT2D eigenvalue weighted by atomic mass is 35.5. The first-order chi connectivity index (χ1) is 22.5. The maximum Gasteiger partial charge on any atom is 0.264 e. The minimum Gasteiger partial charge on any atom is -0.354 e. The lowest BCUT2D eigenvalue weighted by Gasteiger charge is -2.34. The zero-order chi connectivity index (χ0) is 34.0. The van der Waals surface area contributed by atoms with Gasteiger partial charge in [-0.2, -0.15) is 0 Å². The van der Waals surface area contributed by atoms with Gasteiger partial charge in [0.1, 0.15) is 12.6 Å². The lowest BCUT2D eigenvalue weighted by Crippen LogP contribution is -2.53. The van der Waals surface area contributed by atoms with Crippen molar-refractivity contribution in [2.24, 2.45) is 0 Å². The fourth-order valence-corrected chi connectivity index (χ4v) is 6.87. The van der Waals surface area contributed by atoms with E-state index in [0.717, 1.165) is 33.8 Å². The summed E-state index contributed by atoms with van der Waals surface area (Å²) in [6.07, 6.45) is 1.92. The van der Waals surface area contributed by atoms with E-state index in [1.165, 1.54) is 4.90 Å². The summed E-state index contributed by atoms with van der Waals surface area (Å²) < 4.78 is 29.7. The molecule has 0 spiro atoms. The van der Waals surface area contributed by atoms with Gasteiger partial charge in [-0.3, -0.25) is 13.9 Å². The molecule has 4 aromatic rings. The number of anilines is 1. The van der Waals surface area contributed by atoms with Gasteiger partial charge in [0.25, 0.3) is 10.0 Å². The van der Waals surface area contributed by atoms with E-state index < -0.39 is 28.5 Å². The minimum absolute atomic E-state index is 0.0158. The van der Waals surface area contributed by atoms with Crippen molar-refractivity contribution in [3.8, 4) is 0 Å². The number of hydrogen-bond donors (Lipinski definition) is 1. The number of aryl methyl sites for hydroxylation is 1. The molecule has 2 amide bonds. The summed E-state index contributed by atoms with van der Waals surface area (Å²) in [6.45, 7) is 8.00. The Balaban J connectivity index is 1.80. The first kappa shape index (κ1) is 35.7. The number of sulfonamides is 1. The van der Waals surface area contributed by atoms with Crippen molar-refractivity contribution in [3.63, 3.8) is 0 Å². The Bertz CT molecular complexity index is 1730. The third-order valence-electron chi connectivity index (χ3n) is 8.13. The van der Waals surface area contributed by atoms with Gasteiger partial charge in [0.15, 0.2) is 0 Å². The average Bonchev–Trinajstić information content (AvgIpc) is 3.06. The Hall–Kier alpha value is -4.14. The Morgan fingerprint density at radius 1 is 0.851 bits per heavy atom. The van der Waals surface area contributed by atoms with Crippen LogP contribution in [0.1, 0.15) is 61.8 Å². The molecule has 0 unspecified atom stereocenters. The van der Waals surface area contributed by atoms with E-state index in [0.29, 0.717) is 22.8 Å². The van der Waals surface area contributed by atoms with E-state index >= 15 is 0 Å². The van der Waals surface area contributed by atoms with Crippen LogP contribution >= 0.6 is 11.6 Å². The van der Waals surface area contributed by atoms with E-state index in [9.17, 15) is 18.0 Å². The summed E-state index contributed by atoms with van der Waals surface area (Å²) in [7, 11) is -4.18. The fourth-order valence-electron chi connectivity index (χ4n) is 5.26. The van der Waals surface area contributed by atoms with Crippen LogP contribution < -0.4 is 9.62 Å². The molecule has 7 nitrogen and oxygen atoms in total. The van der Waals surface area contributed by atoms with E-state index in [4.69, 9.17) is 11.6 Å². The number of unbranched alkanes of at least 4 members (excludes halogenated alkanes) is 1. The number of amides is 2. The van der Waals surface area contributed by atoms with Crippen LogP contribution in [0.2, 0.25) is 5.02 Å². The van der Waals surface area contributed by atoms with Crippen molar-refractivity contribution in [3.05, 3.63) is 130 Å². The first-order valence-electron chi connectivity index (χ1n) is 16.0. The number of hydrogen-bond acceptors (Lipinski definition) is 4. The van der Waals surface area contributed by atoms with Gasteiger partial charge in [-0.05, 0) is 66.3 Å². The summed E-state index contributed by atoms with van der Waals surface area (Å²) in [5.41, 5.74) is 3.83. The van der Waals surface area contributed by atoms with Gasteiger partial charge >= 0.3 is 0 Å². The van der Waals surface area contributed by atoms with Gasteiger partial charge in [-0.25, -0.2) is 8.42 Å². The lowest BCUT2D eigenvalue weighted by atomic mass is 10.0. The van der Waals surface area contributed by atoms with E-state index in [1.807, 2.05) is 68.4 Å². The van der Waals surface area contributed by atoms with Crippen LogP contribution in [0.5, 0.6) is 0 Å². The third-order valence-corrected chi connectivity index (χ3v) is 10.3. The van der Waals surface area contributed by atoms with Gasteiger partial charge in [-0.1, -0.05) is 117 Å². The van der Waals surface area contributed by atoms with Crippen molar-refractivity contribution in [2.75, 3.05) is 17.4 Å². The molecule has 0 aliphatic rings. The second-order valence-corrected chi connectivity index (χ2v) is 14.3. The van der Waals surface area contributed by atoms with Gasteiger partial charge in [0.2, 0.25) is 11.8 Å². The highest BCUT2D eigenvalue weighted by Crippen LogP contribution is 2.28. The zero-order valence-electron chi connectivity index (χ0n) is 27.5. The molecule has 0 fully saturated rings. The van der Waals surface area contributed by atoms with E-state index in [1.54, 1.807) is 48.5 Å².